The minimum Gasteiger partial charge on any atom is -0.394 e. The number of carbonyl (C=O) groups is 2. The molecule has 1 heterocycles. The second kappa shape index (κ2) is 5.61. The van der Waals surface area contributed by atoms with Gasteiger partial charge in [0.1, 0.15) is 0 Å². The lowest BCUT2D eigenvalue weighted by Crippen LogP contribution is -2.44. The molecule has 2 fully saturated rings. The minimum absolute atomic E-state index is 0.0364. The van der Waals surface area contributed by atoms with Gasteiger partial charge in [-0.05, 0) is 31.1 Å². The molecular formula is C15H25NO3. The fourth-order valence-electron chi connectivity index (χ4n) is 3.65. The lowest BCUT2D eigenvalue weighted by molar-refractivity contribution is -0.144. The highest BCUT2D eigenvalue weighted by atomic mass is 16.3. The summed E-state index contributed by atoms with van der Waals surface area (Å²) in [6, 6.07) is -0.328. The predicted octanol–water partition coefficient (Wildman–Crippen LogP) is 1.81. The van der Waals surface area contributed by atoms with E-state index >= 15 is 0 Å². The number of hydrogen-bond acceptors (Lipinski definition) is 3. The quantitative estimate of drug-likeness (QED) is 0.773. The molecule has 3 unspecified atom stereocenters. The molecule has 2 aliphatic rings. The van der Waals surface area contributed by atoms with Gasteiger partial charge in [-0.3, -0.25) is 14.5 Å². The zero-order valence-corrected chi connectivity index (χ0v) is 12.1. The summed E-state index contributed by atoms with van der Waals surface area (Å²) in [4.78, 5) is 26.2. The number of imide groups is 1. The molecule has 19 heavy (non-hydrogen) atoms. The van der Waals surface area contributed by atoms with Crippen LogP contribution in [0.5, 0.6) is 0 Å². The van der Waals surface area contributed by atoms with E-state index in [9.17, 15) is 14.7 Å². The number of aliphatic hydroxyl groups excluding tert-OH is 1. The maximum Gasteiger partial charge on any atom is 0.233 e. The van der Waals surface area contributed by atoms with E-state index in [2.05, 4.69) is 6.92 Å². The first kappa shape index (κ1) is 14.5. The third-order valence-electron chi connectivity index (χ3n) is 4.67. The summed E-state index contributed by atoms with van der Waals surface area (Å²) in [5, 5.41) is 9.49. The molecule has 0 spiro atoms. The molecule has 108 valence electrons. The minimum atomic E-state index is -0.328. The molecule has 2 rings (SSSR count). The molecule has 0 bridgehead atoms. The molecule has 1 saturated heterocycles. The normalized spacial score (nSPS) is 32.3. The molecule has 0 radical (unpaired) electrons. The summed E-state index contributed by atoms with van der Waals surface area (Å²) in [6.07, 6.45) is 3.43. The Morgan fingerprint density at radius 1 is 1.21 bits per heavy atom. The number of fused-ring (bicyclic) bond motifs is 1. The Kier molecular flexibility index (Phi) is 4.29. The summed E-state index contributed by atoms with van der Waals surface area (Å²) >= 11 is 0. The fraction of sp³-hybridized carbons (Fsp3) is 0.867. The predicted molar refractivity (Wildman–Crippen MR) is 72.2 cm³/mol. The first-order valence-electron chi connectivity index (χ1n) is 7.47. The van der Waals surface area contributed by atoms with E-state index in [4.69, 9.17) is 0 Å². The van der Waals surface area contributed by atoms with Gasteiger partial charge in [0.15, 0.2) is 0 Å². The molecule has 0 aromatic heterocycles. The van der Waals surface area contributed by atoms with E-state index in [1.54, 1.807) is 0 Å². The summed E-state index contributed by atoms with van der Waals surface area (Å²) in [5.41, 5.74) is 0. The van der Waals surface area contributed by atoms with Gasteiger partial charge in [0.2, 0.25) is 11.8 Å². The topological polar surface area (TPSA) is 57.6 Å². The van der Waals surface area contributed by atoms with E-state index in [1.165, 1.54) is 4.90 Å². The van der Waals surface area contributed by atoms with Crippen LogP contribution in [0.4, 0.5) is 0 Å². The van der Waals surface area contributed by atoms with Crippen molar-refractivity contribution in [2.45, 2.75) is 52.5 Å². The van der Waals surface area contributed by atoms with Crippen molar-refractivity contribution in [2.24, 2.45) is 23.7 Å². The molecular weight excluding hydrogens is 242 g/mol. The van der Waals surface area contributed by atoms with Crippen LogP contribution in [0.1, 0.15) is 46.5 Å². The zero-order chi connectivity index (χ0) is 14.2. The first-order chi connectivity index (χ1) is 8.99. The Hall–Kier alpha value is -0.900. The third kappa shape index (κ3) is 2.55. The van der Waals surface area contributed by atoms with Crippen molar-refractivity contribution in [1.29, 1.82) is 0 Å². The van der Waals surface area contributed by atoms with Crippen LogP contribution in [0.2, 0.25) is 0 Å². The standard InChI is InChI=1S/C15H25NO3/c1-4-10-6-12-13(7-10)15(19)16(14(12)18)11(8-17)5-9(2)3/h9-13,17H,4-8H2,1-3H3. The van der Waals surface area contributed by atoms with Crippen LogP contribution in [0.15, 0.2) is 0 Å². The van der Waals surface area contributed by atoms with E-state index in [1.807, 2.05) is 13.8 Å². The largest absolute Gasteiger partial charge is 0.394 e. The Morgan fingerprint density at radius 2 is 1.74 bits per heavy atom. The van der Waals surface area contributed by atoms with Gasteiger partial charge < -0.3 is 5.11 Å². The van der Waals surface area contributed by atoms with Crippen molar-refractivity contribution in [1.82, 2.24) is 4.90 Å². The van der Waals surface area contributed by atoms with Crippen LogP contribution in [0, 0.1) is 23.7 Å². The molecule has 1 saturated carbocycles. The molecule has 4 nitrogen and oxygen atoms in total. The Bertz CT molecular complexity index is 342. The van der Waals surface area contributed by atoms with E-state index in [0.29, 0.717) is 18.3 Å². The molecule has 0 aromatic rings. The van der Waals surface area contributed by atoms with Crippen LogP contribution in [0.25, 0.3) is 0 Å². The third-order valence-corrected chi connectivity index (χ3v) is 4.67. The second-order valence-corrected chi connectivity index (χ2v) is 6.47. The van der Waals surface area contributed by atoms with Crippen molar-refractivity contribution in [3.8, 4) is 0 Å². The molecule has 3 atom stereocenters. The van der Waals surface area contributed by atoms with Crippen LogP contribution in [-0.2, 0) is 9.59 Å². The number of carbonyl (C=O) groups excluding carboxylic acids is 2. The average Bonchev–Trinajstić information content (AvgIpc) is 2.88. The van der Waals surface area contributed by atoms with E-state index in [-0.39, 0.29) is 36.3 Å². The van der Waals surface area contributed by atoms with Crippen molar-refractivity contribution in [3.63, 3.8) is 0 Å². The highest BCUT2D eigenvalue weighted by Crippen LogP contribution is 2.45. The second-order valence-electron chi connectivity index (χ2n) is 6.47. The van der Waals surface area contributed by atoms with Gasteiger partial charge in [0.25, 0.3) is 0 Å². The molecule has 0 aromatic carbocycles. The van der Waals surface area contributed by atoms with E-state index in [0.717, 1.165) is 19.3 Å². The number of likely N-dealkylation sites (tertiary alicyclic amines) is 1. The van der Waals surface area contributed by atoms with Crippen LogP contribution < -0.4 is 0 Å². The van der Waals surface area contributed by atoms with E-state index < -0.39 is 0 Å². The van der Waals surface area contributed by atoms with Gasteiger partial charge in [-0.25, -0.2) is 0 Å². The Morgan fingerprint density at radius 3 is 2.11 bits per heavy atom. The number of rotatable bonds is 5. The summed E-state index contributed by atoms with van der Waals surface area (Å²) in [6.45, 7) is 6.09. The average molecular weight is 267 g/mol. The van der Waals surface area contributed by atoms with Gasteiger partial charge >= 0.3 is 0 Å². The monoisotopic (exact) mass is 267 g/mol. The number of nitrogens with zero attached hydrogens (tertiary/aromatic N) is 1. The Balaban J connectivity index is 2.13. The highest BCUT2D eigenvalue weighted by Gasteiger charge is 2.53. The number of amides is 2. The molecule has 1 N–H and O–H groups in total. The van der Waals surface area contributed by atoms with Gasteiger partial charge in [0.05, 0.1) is 24.5 Å². The van der Waals surface area contributed by atoms with Gasteiger partial charge in [-0.1, -0.05) is 27.2 Å². The van der Waals surface area contributed by atoms with Gasteiger partial charge in [0, 0.05) is 0 Å². The van der Waals surface area contributed by atoms with Crippen LogP contribution in [-0.4, -0.2) is 34.5 Å². The summed E-state index contributed by atoms with van der Waals surface area (Å²) in [7, 11) is 0. The SMILES string of the molecule is CCC1CC2C(=O)N(C(CO)CC(C)C)C(=O)C2C1. The fourth-order valence-corrected chi connectivity index (χ4v) is 3.65. The Labute approximate surface area is 115 Å². The van der Waals surface area contributed by atoms with Crippen LogP contribution in [0.3, 0.4) is 0 Å². The summed E-state index contributed by atoms with van der Waals surface area (Å²) < 4.78 is 0. The van der Waals surface area contributed by atoms with Gasteiger partial charge in [-0.15, -0.1) is 0 Å². The van der Waals surface area contributed by atoms with Crippen molar-refractivity contribution >= 4 is 11.8 Å². The number of hydrogen-bond donors (Lipinski definition) is 1. The zero-order valence-electron chi connectivity index (χ0n) is 12.1. The first-order valence-corrected chi connectivity index (χ1v) is 7.47. The van der Waals surface area contributed by atoms with Crippen molar-refractivity contribution in [3.05, 3.63) is 0 Å². The maximum atomic E-state index is 12.4. The smallest absolute Gasteiger partial charge is 0.233 e. The van der Waals surface area contributed by atoms with Crippen molar-refractivity contribution in [2.75, 3.05) is 6.61 Å². The molecule has 1 aliphatic carbocycles. The lowest BCUT2D eigenvalue weighted by atomic mass is 10.00. The highest BCUT2D eigenvalue weighted by molar-refractivity contribution is 6.05. The maximum absolute atomic E-state index is 12.4. The van der Waals surface area contributed by atoms with Gasteiger partial charge in [-0.2, -0.15) is 0 Å². The molecule has 4 heteroatoms. The summed E-state index contributed by atoms with van der Waals surface area (Å²) in [5.74, 6) is 0.581. The number of aliphatic hydroxyl groups is 1. The van der Waals surface area contributed by atoms with Crippen molar-refractivity contribution < 1.29 is 14.7 Å². The van der Waals surface area contributed by atoms with Crippen LogP contribution >= 0.6 is 0 Å². The molecule has 2 amide bonds. The molecule has 1 aliphatic heterocycles. The lowest BCUT2D eigenvalue weighted by Gasteiger charge is -2.27.